The van der Waals surface area contributed by atoms with E-state index >= 15 is 0 Å². The second kappa shape index (κ2) is 11.2. The molecule has 0 amide bonds. The van der Waals surface area contributed by atoms with E-state index in [1.807, 2.05) is 34.0 Å². The van der Waals surface area contributed by atoms with E-state index in [1.165, 1.54) is 65.6 Å². The minimum atomic E-state index is -0.323. The smallest absolute Gasteiger partial charge is 0.330 e. The van der Waals surface area contributed by atoms with E-state index in [-0.39, 0.29) is 5.97 Å². The molecule has 3 aromatic rings. The fourth-order valence-electron chi connectivity index (χ4n) is 2.95. The van der Waals surface area contributed by atoms with Crippen molar-refractivity contribution in [3.63, 3.8) is 0 Å². The van der Waals surface area contributed by atoms with Crippen LogP contribution in [0.3, 0.4) is 0 Å². The number of esters is 1. The van der Waals surface area contributed by atoms with Gasteiger partial charge in [0.25, 0.3) is 0 Å². The molecule has 0 saturated heterocycles. The number of thiophene rings is 3. The summed E-state index contributed by atoms with van der Waals surface area (Å²) in [7, 11) is 0. The van der Waals surface area contributed by atoms with Crippen LogP contribution in [0.5, 0.6) is 0 Å². The Labute approximate surface area is 186 Å². The number of hydrogen-bond donors (Lipinski definition) is 0. The molecule has 2 nitrogen and oxygen atoms in total. The minimum absolute atomic E-state index is 0.323. The Balaban J connectivity index is 1.28. The summed E-state index contributed by atoms with van der Waals surface area (Å²) in [6.07, 6.45) is 10.4. The zero-order valence-corrected chi connectivity index (χ0v) is 19.8. The summed E-state index contributed by atoms with van der Waals surface area (Å²) in [5, 5.41) is 0. The molecule has 3 rings (SSSR count). The molecule has 0 unspecified atom stereocenters. The molecule has 6 heteroatoms. The molecule has 0 aromatic carbocycles. The number of ether oxygens (including phenoxy) is 1. The van der Waals surface area contributed by atoms with Gasteiger partial charge in [0.05, 0.1) is 24.7 Å². The normalized spacial score (nSPS) is 10.9. The average Bonchev–Trinajstić information content (AvgIpc) is 3.32. The number of unbranched alkanes of at least 4 members (excludes halogenated alkanes) is 7. The number of fused-ring (bicyclic) bond motifs is 3. The van der Waals surface area contributed by atoms with E-state index in [0.29, 0.717) is 6.61 Å². The Morgan fingerprint density at radius 3 is 2.46 bits per heavy atom. The van der Waals surface area contributed by atoms with Crippen molar-refractivity contribution in [2.45, 2.75) is 51.4 Å². The maximum atomic E-state index is 10.9. The third-order valence-electron chi connectivity index (χ3n) is 4.36. The van der Waals surface area contributed by atoms with Gasteiger partial charge in [0, 0.05) is 21.9 Å². The van der Waals surface area contributed by atoms with Gasteiger partial charge in [0.2, 0.25) is 0 Å². The summed E-state index contributed by atoms with van der Waals surface area (Å²) in [5.74, 6) is 6.37. The molecule has 0 aliphatic carbocycles. The fraction of sp³-hybridized carbons (Fsp3) is 0.409. The van der Waals surface area contributed by atoms with Crippen LogP contribution in [-0.4, -0.2) is 12.6 Å². The highest BCUT2D eigenvalue weighted by Gasteiger charge is 2.11. The molecule has 0 aliphatic heterocycles. The molecule has 28 heavy (non-hydrogen) atoms. The summed E-state index contributed by atoms with van der Waals surface area (Å²) in [4.78, 5) is 12.1. The lowest BCUT2D eigenvalue weighted by Gasteiger charge is -2.02. The first-order valence-electron chi connectivity index (χ1n) is 9.57. The third kappa shape index (κ3) is 6.18. The predicted molar refractivity (Wildman–Crippen MR) is 128 cm³/mol. The summed E-state index contributed by atoms with van der Waals surface area (Å²) >= 11 is 9.07. The Morgan fingerprint density at radius 1 is 1.00 bits per heavy atom. The van der Waals surface area contributed by atoms with Gasteiger partial charge in [-0.15, -0.1) is 34.0 Å². The molecule has 0 saturated carbocycles. The van der Waals surface area contributed by atoms with Crippen molar-refractivity contribution in [2.75, 3.05) is 6.61 Å². The molecule has 0 aliphatic rings. The van der Waals surface area contributed by atoms with Crippen molar-refractivity contribution in [1.82, 2.24) is 0 Å². The van der Waals surface area contributed by atoms with Gasteiger partial charge in [-0.1, -0.05) is 50.5 Å². The molecule has 0 atom stereocenters. The van der Waals surface area contributed by atoms with Gasteiger partial charge in [-0.2, -0.15) is 0 Å². The number of rotatable bonds is 10. The molecule has 0 radical (unpaired) electrons. The van der Waals surface area contributed by atoms with E-state index in [4.69, 9.17) is 4.74 Å². The zero-order chi connectivity index (χ0) is 19.8. The SMILES string of the molecule is C=CC(=O)OCCCCCCCCCC#Cc1cc2sc3cc(Br)sc3c2s1. The van der Waals surface area contributed by atoms with E-state index in [0.717, 1.165) is 19.3 Å². The van der Waals surface area contributed by atoms with Crippen molar-refractivity contribution >= 4 is 74.7 Å². The van der Waals surface area contributed by atoms with Gasteiger partial charge >= 0.3 is 5.97 Å². The molecule has 0 fully saturated rings. The van der Waals surface area contributed by atoms with E-state index in [2.05, 4.69) is 46.5 Å². The van der Waals surface area contributed by atoms with Gasteiger partial charge < -0.3 is 4.74 Å². The second-order valence-corrected chi connectivity index (χ2v) is 11.1. The lowest BCUT2D eigenvalue weighted by atomic mass is 10.1. The highest BCUT2D eigenvalue weighted by molar-refractivity contribution is 9.11. The molecule has 3 aromatic heterocycles. The first-order valence-corrected chi connectivity index (χ1v) is 12.8. The van der Waals surface area contributed by atoms with Crippen LogP contribution in [0.15, 0.2) is 28.6 Å². The van der Waals surface area contributed by atoms with E-state index in [1.54, 1.807) is 0 Å². The van der Waals surface area contributed by atoms with Crippen LogP contribution in [0.4, 0.5) is 0 Å². The van der Waals surface area contributed by atoms with Gasteiger partial charge in [0.15, 0.2) is 0 Å². The van der Waals surface area contributed by atoms with Crippen LogP contribution in [0.1, 0.15) is 56.2 Å². The van der Waals surface area contributed by atoms with Crippen LogP contribution >= 0.6 is 49.9 Å². The number of carbonyl (C=O) groups is 1. The molecule has 148 valence electrons. The van der Waals surface area contributed by atoms with Crippen molar-refractivity contribution in [1.29, 1.82) is 0 Å². The number of hydrogen-bond acceptors (Lipinski definition) is 5. The molecular formula is C22H23BrO2S3. The van der Waals surface area contributed by atoms with Gasteiger partial charge in [-0.3, -0.25) is 0 Å². The van der Waals surface area contributed by atoms with Crippen LogP contribution in [0.2, 0.25) is 0 Å². The van der Waals surface area contributed by atoms with Crippen LogP contribution in [0, 0.1) is 11.8 Å². The maximum Gasteiger partial charge on any atom is 0.330 e. The first kappa shape index (κ1) is 21.6. The average molecular weight is 496 g/mol. The Kier molecular flexibility index (Phi) is 8.60. The van der Waals surface area contributed by atoms with Crippen LogP contribution in [0.25, 0.3) is 18.8 Å². The lowest BCUT2D eigenvalue weighted by molar-refractivity contribution is -0.137. The topological polar surface area (TPSA) is 26.3 Å². The Hall–Kier alpha value is -1.13. The molecule has 3 heterocycles. The predicted octanol–water partition coefficient (Wildman–Crippen LogP) is 8.14. The molecule has 0 spiro atoms. The number of carbonyl (C=O) groups excluding carboxylic acids is 1. The summed E-state index contributed by atoms with van der Waals surface area (Å²) < 4.78 is 11.7. The van der Waals surface area contributed by atoms with E-state index in [9.17, 15) is 4.79 Å². The van der Waals surface area contributed by atoms with Crippen molar-refractivity contribution in [3.8, 4) is 11.8 Å². The Bertz CT molecular complexity index is 1000. The minimum Gasteiger partial charge on any atom is -0.463 e. The quantitative estimate of drug-likeness (QED) is 0.123. The zero-order valence-electron chi connectivity index (χ0n) is 15.7. The molecule has 0 bridgehead atoms. The summed E-state index contributed by atoms with van der Waals surface area (Å²) in [5.41, 5.74) is 0. The third-order valence-corrected chi connectivity index (χ3v) is 8.56. The van der Waals surface area contributed by atoms with Gasteiger partial charge in [-0.25, -0.2) is 4.79 Å². The van der Waals surface area contributed by atoms with Gasteiger partial charge in [0.1, 0.15) is 0 Å². The largest absolute Gasteiger partial charge is 0.463 e. The van der Waals surface area contributed by atoms with Gasteiger partial charge in [-0.05, 0) is 40.9 Å². The molecule has 0 N–H and O–H groups in total. The standard InChI is InChI=1S/C22H23BrO2S3/c1-2-20(24)25-13-11-9-7-5-3-4-6-8-10-12-16-14-17-21(26-16)22-18(27-17)15-19(23)28-22/h2,14-15H,1,3-9,11,13H2. The highest BCUT2D eigenvalue weighted by Crippen LogP contribution is 2.44. The van der Waals surface area contributed by atoms with Crippen molar-refractivity contribution < 1.29 is 9.53 Å². The summed E-state index contributed by atoms with van der Waals surface area (Å²) in [6.45, 7) is 3.89. The lowest BCUT2D eigenvalue weighted by Crippen LogP contribution is -2.01. The number of halogens is 1. The van der Waals surface area contributed by atoms with Crippen LogP contribution < -0.4 is 0 Å². The summed E-state index contributed by atoms with van der Waals surface area (Å²) in [6, 6.07) is 4.45. The monoisotopic (exact) mass is 494 g/mol. The highest BCUT2D eigenvalue weighted by atomic mass is 79.9. The second-order valence-electron chi connectivity index (χ2n) is 6.55. The molecular weight excluding hydrogens is 472 g/mol. The van der Waals surface area contributed by atoms with Crippen molar-refractivity contribution in [2.24, 2.45) is 0 Å². The van der Waals surface area contributed by atoms with Crippen LogP contribution in [-0.2, 0) is 9.53 Å². The van der Waals surface area contributed by atoms with E-state index < -0.39 is 0 Å². The fourth-order valence-corrected chi connectivity index (χ4v) is 7.44. The Morgan fingerprint density at radius 2 is 1.68 bits per heavy atom. The van der Waals surface area contributed by atoms with Crippen molar-refractivity contribution in [3.05, 3.63) is 33.5 Å². The maximum absolute atomic E-state index is 10.9. The first-order chi connectivity index (χ1) is 13.7.